The lowest BCUT2D eigenvalue weighted by Crippen LogP contribution is -2.26. The molecule has 6 rings (SSSR count). The molecule has 230 valence electrons. The molecular weight excluding hydrogens is 598 g/mol. The van der Waals surface area contributed by atoms with Gasteiger partial charge in [0.1, 0.15) is 11.5 Å². The van der Waals surface area contributed by atoms with E-state index in [4.69, 9.17) is 9.47 Å². The second-order valence-electron chi connectivity index (χ2n) is 11.0. The van der Waals surface area contributed by atoms with Crippen LogP contribution in [0, 0.1) is 0 Å². The van der Waals surface area contributed by atoms with E-state index in [0.29, 0.717) is 13.2 Å². The van der Waals surface area contributed by atoms with Gasteiger partial charge in [-0.25, -0.2) is 0 Å². The molecule has 4 heteroatoms. The molecule has 0 aliphatic heterocycles. The maximum absolute atomic E-state index is 6.67. The summed E-state index contributed by atoms with van der Waals surface area (Å²) in [5, 5.41) is 7.76. The predicted octanol–water partition coefficient (Wildman–Crippen LogP) is 8.45. The maximum atomic E-state index is 6.67. The van der Waals surface area contributed by atoms with E-state index in [0.717, 1.165) is 35.5 Å². The minimum atomic E-state index is -0.915. The normalized spacial score (nSPS) is 11.1. The first kappa shape index (κ1) is 31.7. The highest BCUT2D eigenvalue weighted by molar-refractivity contribution is 7.80. The highest BCUT2D eigenvalue weighted by atomic mass is 31.1. The molecule has 2 nitrogen and oxygen atoms in total. The molecule has 0 saturated heterocycles. The lowest BCUT2D eigenvalue weighted by Gasteiger charge is -2.29. The van der Waals surface area contributed by atoms with Gasteiger partial charge in [0, 0.05) is 11.1 Å². The first-order valence-electron chi connectivity index (χ1n) is 16.1. The van der Waals surface area contributed by atoms with Gasteiger partial charge in [-0.1, -0.05) is 159 Å². The second-order valence-corrected chi connectivity index (χ2v) is 15.4. The van der Waals surface area contributed by atoms with Crippen molar-refractivity contribution in [1.29, 1.82) is 0 Å². The summed E-state index contributed by atoms with van der Waals surface area (Å²) in [6, 6.07) is 57.0. The van der Waals surface area contributed by atoms with Gasteiger partial charge in [-0.15, -0.1) is 0 Å². The molecular formula is C42H40O2P2. The van der Waals surface area contributed by atoms with Gasteiger partial charge in [0.2, 0.25) is 0 Å². The average molecular weight is 639 g/mol. The van der Waals surface area contributed by atoms with Crippen molar-refractivity contribution in [2.24, 2.45) is 0 Å². The van der Waals surface area contributed by atoms with Crippen molar-refractivity contribution < 1.29 is 9.47 Å². The topological polar surface area (TPSA) is 18.5 Å². The molecule has 0 N–H and O–H groups in total. The molecule has 46 heavy (non-hydrogen) atoms. The summed E-state index contributed by atoms with van der Waals surface area (Å²) in [6.07, 6.45) is 1.86. The summed E-state index contributed by atoms with van der Waals surface area (Å²) in [5.41, 5.74) is 2.27. The zero-order valence-electron chi connectivity index (χ0n) is 26.6. The monoisotopic (exact) mass is 638 g/mol. The SMILES string of the molecule is CCCOc1cccc(P(c2ccccc2)c2ccccc2)c1-c1c(OCCC)cccc1P(c1ccccc1)c1ccccc1. The van der Waals surface area contributed by atoms with E-state index in [1.807, 2.05) is 0 Å². The molecule has 0 amide bonds. The molecule has 0 spiro atoms. The highest BCUT2D eigenvalue weighted by Gasteiger charge is 2.29. The molecule has 0 bridgehead atoms. The van der Waals surface area contributed by atoms with Gasteiger partial charge in [-0.2, -0.15) is 0 Å². The van der Waals surface area contributed by atoms with Gasteiger partial charge < -0.3 is 9.47 Å². The summed E-state index contributed by atoms with van der Waals surface area (Å²) < 4.78 is 13.3. The molecule has 6 aromatic rings. The summed E-state index contributed by atoms with van der Waals surface area (Å²) in [7, 11) is -1.83. The predicted molar refractivity (Wildman–Crippen MR) is 201 cm³/mol. The molecule has 0 radical (unpaired) electrons. The van der Waals surface area contributed by atoms with Gasteiger partial charge in [-0.05, 0) is 72.6 Å². The largest absolute Gasteiger partial charge is 0.493 e. The Kier molecular flexibility index (Phi) is 10.9. The Hall–Kier alpha value is -4.22. The van der Waals surface area contributed by atoms with Gasteiger partial charge in [0.15, 0.2) is 0 Å². The van der Waals surface area contributed by atoms with E-state index in [9.17, 15) is 0 Å². The molecule has 0 aliphatic rings. The Labute approximate surface area is 276 Å². The average Bonchev–Trinajstić information content (AvgIpc) is 3.12. The molecule has 0 unspecified atom stereocenters. The van der Waals surface area contributed by atoms with Gasteiger partial charge in [0.25, 0.3) is 0 Å². The van der Waals surface area contributed by atoms with E-state index in [2.05, 4.69) is 172 Å². The maximum Gasteiger partial charge on any atom is 0.127 e. The van der Waals surface area contributed by atoms with Crippen molar-refractivity contribution in [3.8, 4) is 22.6 Å². The zero-order valence-corrected chi connectivity index (χ0v) is 28.3. The summed E-state index contributed by atoms with van der Waals surface area (Å²) in [6.45, 7) is 5.62. The summed E-state index contributed by atoms with van der Waals surface area (Å²) >= 11 is 0. The number of ether oxygens (including phenoxy) is 2. The minimum Gasteiger partial charge on any atom is -0.493 e. The number of rotatable bonds is 13. The van der Waals surface area contributed by atoms with Crippen LogP contribution in [0.25, 0.3) is 11.1 Å². The quantitative estimate of drug-likeness (QED) is 0.118. The molecule has 0 fully saturated rings. The lowest BCUT2D eigenvalue weighted by atomic mass is 10.0. The smallest absolute Gasteiger partial charge is 0.127 e. The fourth-order valence-electron chi connectivity index (χ4n) is 5.74. The van der Waals surface area contributed by atoms with Gasteiger partial charge in [0.05, 0.1) is 13.2 Å². The van der Waals surface area contributed by atoms with Crippen LogP contribution >= 0.6 is 15.8 Å². The van der Waals surface area contributed by atoms with Crippen LogP contribution in [0.15, 0.2) is 158 Å². The Balaban J connectivity index is 1.70. The van der Waals surface area contributed by atoms with Crippen LogP contribution in [0.5, 0.6) is 11.5 Å². The van der Waals surface area contributed by atoms with Crippen LogP contribution in [-0.4, -0.2) is 13.2 Å². The van der Waals surface area contributed by atoms with E-state index in [1.54, 1.807) is 0 Å². The number of benzene rings is 6. The van der Waals surface area contributed by atoms with Gasteiger partial charge in [-0.3, -0.25) is 0 Å². The fraction of sp³-hybridized carbons (Fsp3) is 0.143. The van der Waals surface area contributed by atoms with Crippen molar-refractivity contribution in [2.75, 3.05) is 13.2 Å². The van der Waals surface area contributed by atoms with Crippen molar-refractivity contribution in [1.82, 2.24) is 0 Å². The zero-order chi connectivity index (χ0) is 31.6. The van der Waals surface area contributed by atoms with Crippen LogP contribution in [0.4, 0.5) is 0 Å². The molecule has 0 aliphatic carbocycles. The minimum absolute atomic E-state index is 0.643. The first-order valence-corrected chi connectivity index (χ1v) is 18.8. The van der Waals surface area contributed by atoms with Crippen molar-refractivity contribution in [3.63, 3.8) is 0 Å². The molecule has 0 heterocycles. The first-order chi connectivity index (χ1) is 22.8. The van der Waals surface area contributed by atoms with Crippen molar-refractivity contribution in [2.45, 2.75) is 26.7 Å². The Morgan fingerprint density at radius 2 is 0.674 bits per heavy atom. The van der Waals surface area contributed by atoms with E-state index < -0.39 is 15.8 Å². The Morgan fingerprint density at radius 3 is 0.957 bits per heavy atom. The summed E-state index contributed by atoms with van der Waals surface area (Å²) in [5.74, 6) is 1.81. The number of hydrogen-bond acceptors (Lipinski definition) is 2. The standard InChI is InChI=1S/C42H40O2P2/c1-3-31-43-37-27-17-29-39(45(33-19-9-5-10-20-33)34-21-11-6-12-22-34)41(37)42-38(44-32-4-2)28-18-30-40(42)46(35-23-13-7-14-24-35)36-25-15-8-16-26-36/h5-30H,3-4,31-32H2,1-2H3. The number of hydrogen-bond donors (Lipinski definition) is 0. The Morgan fingerprint density at radius 1 is 0.370 bits per heavy atom. The van der Waals surface area contributed by atoms with Crippen LogP contribution in [0.3, 0.4) is 0 Å². The summed E-state index contributed by atoms with van der Waals surface area (Å²) in [4.78, 5) is 0. The lowest BCUT2D eigenvalue weighted by molar-refractivity contribution is 0.314. The van der Waals surface area contributed by atoms with E-state index >= 15 is 0 Å². The van der Waals surface area contributed by atoms with E-state index in [1.165, 1.54) is 31.8 Å². The third kappa shape index (κ3) is 7.10. The van der Waals surface area contributed by atoms with Crippen LogP contribution < -0.4 is 41.3 Å². The van der Waals surface area contributed by atoms with Crippen molar-refractivity contribution >= 4 is 47.7 Å². The van der Waals surface area contributed by atoms with Crippen LogP contribution in [0.1, 0.15) is 26.7 Å². The highest BCUT2D eigenvalue weighted by Crippen LogP contribution is 2.47. The van der Waals surface area contributed by atoms with Gasteiger partial charge >= 0.3 is 0 Å². The molecule has 6 aromatic carbocycles. The molecule has 0 atom stereocenters. The van der Waals surface area contributed by atoms with Crippen LogP contribution in [-0.2, 0) is 0 Å². The van der Waals surface area contributed by atoms with Crippen LogP contribution in [0.2, 0.25) is 0 Å². The second kappa shape index (κ2) is 15.9. The third-order valence-corrected chi connectivity index (χ3v) is 12.7. The van der Waals surface area contributed by atoms with Crippen molar-refractivity contribution in [3.05, 3.63) is 158 Å². The third-order valence-electron chi connectivity index (χ3n) is 7.72. The Bertz CT molecular complexity index is 1590. The molecule has 0 saturated carbocycles. The molecule has 0 aromatic heterocycles. The van der Waals surface area contributed by atoms with E-state index in [-0.39, 0.29) is 0 Å². The fourth-order valence-corrected chi connectivity index (χ4v) is 10.7.